The highest BCUT2D eigenvalue weighted by atomic mass is 16.5. The fraction of sp³-hybridized carbons (Fsp3) is 0.240. The molecule has 0 fully saturated rings. The zero-order chi connectivity index (χ0) is 22.1. The molecule has 1 aliphatic rings. The first-order valence-corrected chi connectivity index (χ1v) is 9.98. The number of ether oxygens (including phenoxy) is 2. The van der Waals surface area contributed by atoms with Crippen LogP contribution in [0.15, 0.2) is 53.3 Å². The van der Waals surface area contributed by atoms with Gasteiger partial charge < -0.3 is 9.47 Å². The Balaban J connectivity index is 1.87. The quantitative estimate of drug-likeness (QED) is 0.646. The first-order valence-electron chi connectivity index (χ1n) is 9.98. The van der Waals surface area contributed by atoms with Gasteiger partial charge >= 0.3 is 0 Å². The lowest BCUT2D eigenvalue weighted by molar-refractivity contribution is 0.0962. The molecule has 6 heteroatoms. The van der Waals surface area contributed by atoms with E-state index in [0.29, 0.717) is 41.3 Å². The average molecular weight is 414 g/mol. The predicted octanol–water partition coefficient (Wildman–Crippen LogP) is 3.95. The van der Waals surface area contributed by atoms with Crippen LogP contribution < -0.4 is 15.0 Å². The van der Waals surface area contributed by atoms with Crippen molar-refractivity contribution in [2.45, 2.75) is 25.7 Å². The molecule has 0 aliphatic heterocycles. The maximum absolute atomic E-state index is 13.1. The van der Waals surface area contributed by atoms with E-state index in [0.717, 1.165) is 11.1 Å². The summed E-state index contributed by atoms with van der Waals surface area (Å²) >= 11 is 0. The first kappa shape index (κ1) is 20.4. The minimum atomic E-state index is -0.411. The molecular formula is C25H22N2O4. The first-order chi connectivity index (χ1) is 15.0. The number of aromatic nitrogens is 1. The summed E-state index contributed by atoms with van der Waals surface area (Å²) in [6, 6.07) is 16.5. The molecule has 0 amide bonds. The lowest BCUT2D eigenvalue weighted by Crippen LogP contribution is -2.31. The number of fused-ring (bicyclic) bond motifs is 1. The van der Waals surface area contributed by atoms with Crippen molar-refractivity contribution in [2.24, 2.45) is 0 Å². The summed E-state index contributed by atoms with van der Waals surface area (Å²) in [6.07, 6.45) is 0.783. The van der Waals surface area contributed by atoms with E-state index >= 15 is 0 Å². The molecule has 0 N–H and O–H groups in total. The van der Waals surface area contributed by atoms with Crippen LogP contribution in [0.3, 0.4) is 0 Å². The summed E-state index contributed by atoms with van der Waals surface area (Å²) in [7, 11) is 3.15. The number of nitriles is 1. The van der Waals surface area contributed by atoms with E-state index in [1.54, 1.807) is 14.2 Å². The van der Waals surface area contributed by atoms with Crippen LogP contribution in [-0.4, -0.2) is 24.6 Å². The zero-order valence-corrected chi connectivity index (χ0v) is 17.6. The van der Waals surface area contributed by atoms with Crippen molar-refractivity contribution in [3.05, 3.63) is 86.8 Å². The van der Waals surface area contributed by atoms with E-state index in [-0.39, 0.29) is 17.3 Å². The van der Waals surface area contributed by atoms with Gasteiger partial charge in [-0.2, -0.15) is 5.26 Å². The van der Waals surface area contributed by atoms with Crippen molar-refractivity contribution in [1.82, 2.24) is 4.57 Å². The molecule has 0 spiro atoms. The third kappa shape index (κ3) is 3.59. The van der Waals surface area contributed by atoms with Gasteiger partial charge in [0.05, 0.1) is 14.2 Å². The van der Waals surface area contributed by atoms with Crippen LogP contribution in [0, 0.1) is 18.3 Å². The van der Waals surface area contributed by atoms with Crippen molar-refractivity contribution >= 4 is 5.78 Å². The molecular weight excluding hydrogens is 392 g/mol. The number of nitrogens with zero attached hydrogens (tertiary/aromatic N) is 2. The molecule has 4 rings (SSSR count). The number of methoxy groups -OCH3 is 2. The number of aryl methyl sites for hydroxylation is 1. The highest BCUT2D eigenvalue weighted by molar-refractivity contribution is 5.99. The largest absolute Gasteiger partial charge is 0.493 e. The number of rotatable bonds is 4. The molecule has 1 aliphatic carbocycles. The van der Waals surface area contributed by atoms with Crippen molar-refractivity contribution in [1.29, 1.82) is 5.26 Å². The average Bonchev–Trinajstić information content (AvgIpc) is 2.79. The standard InChI is InChI=1S/C25H22N2O4/c1-15-4-7-19(8-5-15)27-21-11-17(16-6-9-23(30-2)24(13-16)31-3)12-22(28)20(21)10-18(14-26)25(27)29/h4-10,13,17H,11-12H2,1-3H3. The molecule has 1 unspecified atom stereocenters. The Labute approximate surface area is 180 Å². The Morgan fingerprint density at radius 2 is 1.68 bits per heavy atom. The number of carbonyl (C=O) groups excluding carboxylic acids is 1. The second-order valence-electron chi connectivity index (χ2n) is 7.65. The van der Waals surface area contributed by atoms with Crippen LogP contribution in [0.2, 0.25) is 0 Å². The predicted molar refractivity (Wildman–Crippen MR) is 116 cm³/mol. The van der Waals surface area contributed by atoms with Crippen LogP contribution in [0.5, 0.6) is 11.5 Å². The third-order valence-electron chi connectivity index (χ3n) is 5.77. The van der Waals surface area contributed by atoms with Crippen molar-refractivity contribution in [3.8, 4) is 23.3 Å². The van der Waals surface area contributed by atoms with Gasteiger partial charge in [-0.25, -0.2) is 0 Å². The number of hydrogen-bond acceptors (Lipinski definition) is 5. The molecule has 6 nitrogen and oxygen atoms in total. The molecule has 1 atom stereocenters. The molecule has 3 aromatic rings. The fourth-order valence-electron chi connectivity index (χ4n) is 4.12. The van der Waals surface area contributed by atoms with Crippen molar-refractivity contribution < 1.29 is 14.3 Å². The molecule has 1 aromatic heterocycles. The lowest BCUT2D eigenvalue weighted by atomic mass is 9.81. The van der Waals surface area contributed by atoms with Gasteiger partial charge in [-0.3, -0.25) is 14.2 Å². The van der Waals surface area contributed by atoms with Gasteiger partial charge in [0.25, 0.3) is 5.56 Å². The summed E-state index contributed by atoms with van der Waals surface area (Å²) < 4.78 is 12.2. The SMILES string of the molecule is COc1ccc(C2CC(=O)c3cc(C#N)c(=O)n(-c4ccc(C)cc4)c3C2)cc1OC. The zero-order valence-electron chi connectivity index (χ0n) is 17.6. The van der Waals surface area contributed by atoms with E-state index in [4.69, 9.17) is 9.47 Å². The second-order valence-corrected chi connectivity index (χ2v) is 7.65. The van der Waals surface area contributed by atoms with E-state index in [1.807, 2.05) is 55.5 Å². The van der Waals surface area contributed by atoms with Gasteiger partial charge in [-0.05, 0) is 55.2 Å². The summed E-state index contributed by atoms with van der Waals surface area (Å²) in [5.74, 6) is 1.00. The Kier molecular flexibility index (Phi) is 5.35. The highest BCUT2D eigenvalue weighted by Crippen LogP contribution is 2.37. The highest BCUT2D eigenvalue weighted by Gasteiger charge is 2.31. The Morgan fingerprint density at radius 1 is 0.968 bits per heavy atom. The minimum absolute atomic E-state index is 0.0303. The number of hydrogen-bond donors (Lipinski definition) is 0. The number of carbonyl (C=O) groups is 1. The molecule has 0 saturated carbocycles. The van der Waals surface area contributed by atoms with Crippen LogP contribution in [0.25, 0.3) is 5.69 Å². The Morgan fingerprint density at radius 3 is 2.32 bits per heavy atom. The van der Waals surface area contributed by atoms with E-state index in [2.05, 4.69) is 0 Å². The number of benzene rings is 2. The normalized spacial score (nSPS) is 15.2. The fourth-order valence-corrected chi connectivity index (χ4v) is 4.12. The van der Waals surface area contributed by atoms with Crippen molar-refractivity contribution in [3.63, 3.8) is 0 Å². The summed E-state index contributed by atoms with van der Waals surface area (Å²) in [5, 5.41) is 9.46. The molecule has 156 valence electrons. The maximum Gasteiger partial charge on any atom is 0.273 e. The van der Waals surface area contributed by atoms with Gasteiger partial charge in [-0.1, -0.05) is 23.8 Å². The van der Waals surface area contributed by atoms with Crippen LogP contribution in [-0.2, 0) is 6.42 Å². The second kappa shape index (κ2) is 8.11. The molecule has 31 heavy (non-hydrogen) atoms. The summed E-state index contributed by atoms with van der Waals surface area (Å²) in [4.78, 5) is 26.2. The molecule has 2 aromatic carbocycles. The van der Waals surface area contributed by atoms with Gasteiger partial charge in [-0.15, -0.1) is 0 Å². The van der Waals surface area contributed by atoms with E-state index in [1.165, 1.54) is 10.6 Å². The van der Waals surface area contributed by atoms with Crippen LogP contribution in [0.4, 0.5) is 0 Å². The lowest BCUT2D eigenvalue weighted by Gasteiger charge is -2.27. The smallest absolute Gasteiger partial charge is 0.273 e. The molecule has 0 saturated heterocycles. The van der Waals surface area contributed by atoms with Gasteiger partial charge in [0.2, 0.25) is 0 Å². The third-order valence-corrected chi connectivity index (χ3v) is 5.77. The summed E-state index contributed by atoms with van der Waals surface area (Å²) in [5.41, 5.74) is 3.26. The molecule has 0 radical (unpaired) electrons. The Hall–Kier alpha value is -3.85. The molecule has 0 bridgehead atoms. The van der Waals surface area contributed by atoms with Gasteiger partial charge in [0.15, 0.2) is 17.3 Å². The van der Waals surface area contributed by atoms with Gasteiger partial charge in [0.1, 0.15) is 11.6 Å². The number of ketones is 1. The van der Waals surface area contributed by atoms with E-state index < -0.39 is 5.56 Å². The number of pyridine rings is 1. The van der Waals surface area contributed by atoms with E-state index in [9.17, 15) is 14.9 Å². The molecule has 1 heterocycles. The maximum atomic E-state index is 13.1. The Bertz CT molecular complexity index is 1270. The minimum Gasteiger partial charge on any atom is -0.493 e. The van der Waals surface area contributed by atoms with Crippen LogP contribution >= 0.6 is 0 Å². The van der Waals surface area contributed by atoms with Crippen LogP contribution in [0.1, 0.15) is 45.1 Å². The monoisotopic (exact) mass is 414 g/mol. The van der Waals surface area contributed by atoms with Gasteiger partial charge in [0, 0.05) is 23.4 Å². The topological polar surface area (TPSA) is 81.3 Å². The van der Waals surface area contributed by atoms with Crippen molar-refractivity contribution in [2.75, 3.05) is 14.2 Å². The summed E-state index contributed by atoms with van der Waals surface area (Å²) in [6.45, 7) is 1.96. The number of Topliss-reactive ketones (excluding diaryl/α,β-unsaturated/α-hetero) is 1.